The fraction of sp³-hybridized carbons (Fsp3) is 0.625. The average Bonchev–Trinajstić information content (AvgIpc) is 2.57. The van der Waals surface area contributed by atoms with Crippen LogP contribution in [-0.4, -0.2) is 64.8 Å². The van der Waals surface area contributed by atoms with Gasteiger partial charge in [0.2, 0.25) is 0 Å². The Morgan fingerprint density at radius 3 is 1.57 bits per heavy atom. The van der Waals surface area contributed by atoms with E-state index in [2.05, 4.69) is 15.9 Å². The highest BCUT2D eigenvalue weighted by molar-refractivity contribution is 9.09. The van der Waals surface area contributed by atoms with Gasteiger partial charge in [-0.15, -0.1) is 0 Å². The molecule has 7 heteroatoms. The number of alkyl halides is 1. The SMILES string of the molecule is Nc1ccc(OCCOCCOCCOCCOCCBr)cc1. The lowest BCUT2D eigenvalue weighted by Crippen LogP contribution is -2.14. The van der Waals surface area contributed by atoms with Crippen LogP contribution in [0.5, 0.6) is 5.75 Å². The van der Waals surface area contributed by atoms with Gasteiger partial charge in [-0.3, -0.25) is 0 Å². The first-order valence-electron chi connectivity index (χ1n) is 7.68. The summed E-state index contributed by atoms with van der Waals surface area (Å²) in [6, 6.07) is 7.28. The van der Waals surface area contributed by atoms with Gasteiger partial charge in [-0.2, -0.15) is 0 Å². The summed E-state index contributed by atoms with van der Waals surface area (Å²) in [4.78, 5) is 0. The maximum Gasteiger partial charge on any atom is 0.119 e. The van der Waals surface area contributed by atoms with E-state index in [9.17, 15) is 0 Å². The van der Waals surface area contributed by atoms with Crippen molar-refractivity contribution in [3.05, 3.63) is 24.3 Å². The number of ether oxygens (including phenoxy) is 5. The molecule has 0 unspecified atom stereocenters. The Bertz CT molecular complexity index is 377. The first kappa shape index (κ1) is 20.2. The van der Waals surface area contributed by atoms with E-state index in [1.165, 1.54) is 0 Å². The van der Waals surface area contributed by atoms with Gasteiger partial charge in [-0.1, -0.05) is 15.9 Å². The number of benzene rings is 1. The molecule has 2 N–H and O–H groups in total. The van der Waals surface area contributed by atoms with Crippen molar-refractivity contribution < 1.29 is 23.7 Å². The molecule has 0 saturated carbocycles. The molecule has 0 atom stereocenters. The first-order valence-corrected chi connectivity index (χ1v) is 8.80. The van der Waals surface area contributed by atoms with Crippen LogP contribution in [0.4, 0.5) is 5.69 Å². The molecule has 0 aliphatic rings. The lowest BCUT2D eigenvalue weighted by molar-refractivity contribution is -0.00315. The molecular formula is C16H26BrNO5. The zero-order chi connectivity index (χ0) is 16.6. The van der Waals surface area contributed by atoms with E-state index in [1.54, 1.807) is 12.1 Å². The fourth-order valence-corrected chi connectivity index (χ4v) is 1.83. The highest BCUT2D eigenvalue weighted by atomic mass is 79.9. The Kier molecular flexibility index (Phi) is 12.9. The van der Waals surface area contributed by atoms with E-state index in [4.69, 9.17) is 29.4 Å². The zero-order valence-electron chi connectivity index (χ0n) is 13.4. The van der Waals surface area contributed by atoms with E-state index in [0.29, 0.717) is 59.5 Å². The van der Waals surface area contributed by atoms with Gasteiger partial charge in [-0.05, 0) is 24.3 Å². The van der Waals surface area contributed by atoms with Crippen LogP contribution in [0.2, 0.25) is 0 Å². The molecule has 1 aromatic rings. The summed E-state index contributed by atoms with van der Waals surface area (Å²) >= 11 is 3.29. The predicted molar refractivity (Wildman–Crippen MR) is 93.4 cm³/mol. The molecule has 0 aliphatic carbocycles. The van der Waals surface area contributed by atoms with Gasteiger partial charge in [0.25, 0.3) is 0 Å². The van der Waals surface area contributed by atoms with E-state index in [1.807, 2.05) is 12.1 Å². The normalized spacial score (nSPS) is 10.8. The number of halogens is 1. The highest BCUT2D eigenvalue weighted by Crippen LogP contribution is 2.12. The van der Waals surface area contributed by atoms with Crippen LogP contribution in [0.15, 0.2) is 24.3 Å². The number of rotatable bonds is 15. The van der Waals surface area contributed by atoms with Crippen LogP contribution >= 0.6 is 15.9 Å². The van der Waals surface area contributed by atoms with Crippen LogP contribution in [0.25, 0.3) is 0 Å². The number of hydrogen-bond acceptors (Lipinski definition) is 6. The van der Waals surface area contributed by atoms with Gasteiger partial charge in [0.1, 0.15) is 12.4 Å². The Morgan fingerprint density at radius 1 is 0.652 bits per heavy atom. The van der Waals surface area contributed by atoms with Gasteiger partial charge in [0.15, 0.2) is 0 Å². The minimum Gasteiger partial charge on any atom is -0.491 e. The van der Waals surface area contributed by atoms with E-state index >= 15 is 0 Å². The molecule has 0 heterocycles. The van der Waals surface area contributed by atoms with Crippen molar-refractivity contribution in [2.75, 3.05) is 70.5 Å². The van der Waals surface area contributed by atoms with Crippen LogP contribution in [-0.2, 0) is 18.9 Å². The van der Waals surface area contributed by atoms with Crippen molar-refractivity contribution in [2.24, 2.45) is 0 Å². The lowest BCUT2D eigenvalue weighted by atomic mass is 10.3. The summed E-state index contributed by atoms with van der Waals surface area (Å²) in [5, 5.41) is 0.848. The summed E-state index contributed by atoms with van der Waals surface area (Å²) in [6.45, 7) is 5.15. The summed E-state index contributed by atoms with van der Waals surface area (Å²) in [6.07, 6.45) is 0. The van der Waals surface area contributed by atoms with Gasteiger partial charge in [-0.25, -0.2) is 0 Å². The maximum absolute atomic E-state index is 5.60. The third-order valence-corrected chi connectivity index (χ3v) is 3.04. The Labute approximate surface area is 146 Å². The molecule has 1 rings (SSSR count). The number of nitrogens with two attached hydrogens (primary N) is 1. The maximum atomic E-state index is 5.60. The topological polar surface area (TPSA) is 72.2 Å². The summed E-state index contributed by atoms with van der Waals surface area (Å²) in [7, 11) is 0. The summed E-state index contributed by atoms with van der Waals surface area (Å²) in [5.41, 5.74) is 6.32. The fourth-order valence-electron chi connectivity index (χ4n) is 1.60. The summed E-state index contributed by atoms with van der Waals surface area (Å²) in [5.74, 6) is 0.788. The molecular weight excluding hydrogens is 366 g/mol. The van der Waals surface area contributed by atoms with Crippen molar-refractivity contribution in [3.63, 3.8) is 0 Å². The second-order valence-electron chi connectivity index (χ2n) is 4.56. The summed E-state index contributed by atoms with van der Waals surface area (Å²) < 4.78 is 26.9. The Morgan fingerprint density at radius 2 is 1.09 bits per heavy atom. The minimum atomic E-state index is 0.501. The average molecular weight is 392 g/mol. The quantitative estimate of drug-likeness (QED) is 0.280. The van der Waals surface area contributed by atoms with E-state index in [0.717, 1.165) is 16.8 Å². The molecule has 0 aliphatic heterocycles. The molecule has 0 fully saturated rings. The van der Waals surface area contributed by atoms with Gasteiger partial charge in [0.05, 0.1) is 52.9 Å². The van der Waals surface area contributed by atoms with Crippen molar-refractivity contribution in [1.29, 1.82) is 0 Å². The van der Waals surface area contributed by atoms with E-state index in [-0.39, 0.29) is 0 Å². The zero-order valence-corrected chi connectivity index (χ0v) is 15.0. The standard InChI is InChI=1S/C16H26BrNO5/c17-5-6-19-7-8-20-9-10-21-11-12-22-13-14-23-16-3-1-15(18)2-4-16/h1-4H,5-14,18H2. The number of nitrogen functional groups attached to an aromatic ring is 1. The number of hydrogen-bond donors (Lipinski definition) is 1. The third-order valence-electron chi connectivity index (χ3n) is 2.71. The molecule has 6 nitrogen and oxygen atoms in total. The lowest BCUT2D eigenvalue weighted by Gasteiger charge is -2.08. The molecule has 1 aromatic carbocycles. The van der Waals surface area contributed by atoms with Crippen LogP contribution < -0.4 is 10.5 Å². The Balaban J connectivity index is 1.77. The van der Waals surface area contributed by atoms with Crippen molar-refractivity contribution in [3.8, 4) is 5.75 Å². The molecule has 132 valence electrons. The highest BCUT2D eigenvalue weighted by Gasteiger charge is 1.95. The minimum absolute atomic E-state index is 0.501. The van der Waals surface area contributed by atoms with Crippen molar-refractivity contribution >= 4 is 21.6 Å². The van der Waals surface area contributed by atoms with Crippen LogP contribution in [0.3, 0.4) is 0 Å². The molecule has 0 bridgehead atoms. The van der Waals surface area contributed by atoms with Gasteiger partial charge in [0, 0.05) is 11.0 Å². The smallest absolute Gasteiger partial charge is 0.119 e. The van der Waals surface area contributed by atoms with Crippen molar-refractivity contribution in [1.82, 2.24) is 0 Å². The number of anilines is 1. The largest absolute Gasteiger partial charge is 0.491 e. The molecule has 0 aromatic heterocycles. The monoisotopic (exact) mass is 391 g/mol. The second-order valence-corrected chi connectivity index (χ2v) is 5.35. The third kappa shape index (κ3) is 12.3. The Hall–Kier alpha value is -0.860. The predicted octanol–water partition coefficient (Wildman–Crippen LogP) is 2.11. The molecule has 0 radical (unpaired) electrons. The first-order chi connectivity index (χ1) is 11.3. The van der Waals surface area contributed by atoms with Crippen molar-refractivity contribution in [2.45, 2.75) is 0 Å². The van der Waals surface area contributed by atoms with Crippen LogP contribution in [0.1, 0.15) is 0 Å². The molecule has 0 amide bonds. The van der Waals surface area contributed by atoms with E-state index < -0.39 is 0 Å². The second kappa shape index (κ2) is 14.7. The molecule has 0 spiro atoms. The van der Waals surface area contributed by atoms with Gasteiger partial charge >= 0.3 is 0 Å². The van der Waals surface area contributed by atoms with Crippen LogP contribution in [0, 0.1) is 0 Å². The molecule has 23 heavy (non-hydrogen) atoms. The van der Waals surface area contributed by atoms with Gasteiger partial charge < -0.3 is 29.4 Å². The molecule has 0 saturated heterocycles.